The van der Waals surface area contributed by atoms with E-state index < -0.39 is 5.97 Å². The van der Waals surface area contributed by atoms with E-state index in [1.54, 1.807) is 18.2 Å². The minimum atomic E-state index is -0.513. The van der Waals surface area contributed by atoms with Crippen LogP contribution in [-0.2, 0) is 14.3 Å². The van der Waals surface area contributed by atoms with Crippen molar-refractivity contribution in [3.05, 3.63) is 64.5 Å². The van der Waals surface area contributed by atoms with Crippen LogP contribution >= 0.6 is 0 Å². The van der Waals surface area contributed by atoms with Crippen LogP contribution in [0.25, 0.3) is 11.0 Å². The molecule has 0 unspecified atom stereocenters. The smallest absolute Gasteiger partial charge is 0.344 e. The van der Waals surface area contributed by atoms with Crippen molar-refractivity contribution >= 4 is 16.9 Å². The lowest BCUT2D eigenvalue weighted by Gasteiger charge is -2.08. The van der Waals surface area contributed by atoms with E-state index in [9.17, 15) is 9.59 Å². The Morgan fingerprint density at radius 2 is 1.93 bits per heavy atom. The van der Waals surface area contributed by atoms with Gasteiger partial charge in [-0.25, -0.2) is 4.79 Å². The van der Waals surface area contributed by atoms with Crippen LogP contribution in [0.15, 0.2) is 57.9 Å². The Hall–Kier alpha value is -3.32. The zero-order valence-electron chi connectivity index (χ0n) is 15.6. The molecule has 0 saturated carbocycles. The topological polar surface area (TPSA) is 84.2 Å². The van der Waals surface area contributed by atoms with Crippen LogP contribution in [0.5, 0.6) is 17.2 Å². The molecule has 1 aromatic heterocycles. The number of methoxy groups -OCH3 is 1. The van der Waals surface area contributed by atoms with Crippen molar-refractivity contribution in [3.63, 3.8) is 0 Å². The maximum atomic E-state index is 12.6. The molecule has 2 aromatic carbocycles. The van der Waals surface area contributed by atoms with E-state index in [1.165, 1.54) is 19.4 Å². The van der Waals surface area contributed by atoms with Crippen molar-refractivity contribution < 1.29 is 28.2 Å². The number of carbonyl (C=O) groups is 1. The highest BCUT2D eigenvalue weighted by atomic mass is 16.6. The van der Waals surface area contributed by atoms with E-state index in [2.05, 4.69) is 0 Å². The molecule has 0 amide bonds. The molecule has 3 aromatic rings. The molecule has 7 heteroatoms. The van der Waals surface area contributed by atoms with Crippen LogP contribution in [0, 0.1) is 6.92 Å². The van der Waals surface area contributed by atoms with Gasteiger partial charge in [0.1, 0.15) is 30.0 Å². The summed E-state index contributed by atoms with van der Waals surface area (Å²) in [5, 5.41) is 0.347. The van der Waals surface area contributed by atoms with Gasteiger partial charge in [-0.05, 0) is 36.8 Å². The van der Waals surface area contributed by atoms with Gasteiger partial charge < -0.3 is 23.4 Å². The van der Waals surface area contributed by atoms with Gasteiger partial charge in [0.05, 0.1) is 12.0 Å². The molecule has 3 rings (SSSR count). The van der Waals surface area contributed by atoms with Gasteiger partial charge >= 0.3 is 5.97 Å². The van der Waals surface area contributed by atoms with Crippen molar-refractivity contribution in [1.82, 2.24) is 0 Å². The summed E-state index contributed by atoms with van der Waals surface area (Å²) >= 11 is 0. The summed E-state index contributed by atoms with van der Waals surface area (Å²) in [6.45, 7) is 2.16. The fraction of sp³-hybridized carbons (Fsp3) is 0.238. The quantitative estimate of drug-likeness (QED) is 0.434. The molecule has 0 spiro atoms. The first kappa shape index (κ1) is 19.4. The van der Waals surface area contributed by atoms with E-state index >= 15 is 0 Å². The molecule has 0 aliphatic rings. The number of rotatable bonds is 8. The fourth-order valence-corrected chi connectivity index (χ4v) is 2.48. The maximum absolute atomic E-state index is 12.6. The lowest BCUT2D eigenvalue weighted by atomic mass is 10.2. The molecule has 0 radical (unpaired) electrons. The first-order chi connectivity index (χ1) is 13.6. The van der Waals surface area contributed by atoms with Gasteiger partial charge in [0.2, 0.25) is 11.2 Å². The van der Waals surface area contributed by atoms with E-state index in [0.717, 1.165) is 5.56 Å². The molecule has 0 aliphatic heterocycles. The third kappa shape index (κ3) is 4.89. The molecular weight excluding hydrogens is 364 g/mol. The summed E-state index contributed by atoms with van der Waals surface area (Å²) < 4.78 is 26.2. The molecule has 0 bridgehead atoms. The van der Waals surface area contributed by atoms with Crippen molar-refractivity contribution in [2.75, 3.05) is 26.9 Å². The second-order valence-corrected chi connectivity index (χ2v) is 6.01. The second-order valence-electron chi connectivity index (χ2n) is 6.01. The Kier molecular flexibility index (Phi) is 6.29. The Labute approximate surface area is 161 Å². The van der Waals surface area contributed by atoms with Crippen LogP contribution < -0.4 is 14.9 Å². The molecule has 0 atom stereocenters. The summed E-state index contributed by atoms with van der Waals surface area (Å²) in [5.74, 6) is 0.513. The number of ether oxygens (including phenoxy) is 4. The van der Waals surface area contributed by atoms with Gasteiger partial charge in [-0.3, -0.25) is 4.79 Å². The number of aryl methyl sites for hydroxylation is 1. The third-order valence-corrected chi connectivity index (χ3v) is 3.84. The number of hydrogen-bond donors (Lipinski definition) is 0. The lowest BCUT2D eigenvalue weighted by Crippen LogP contribution is -2.17. The first-order valence-electron chi connectivity index (χ1n) is 8.64. The highest BCUT2D eigenvalue weighted by Crippen LogP contribution is 2.24. The predicted octanol–water partition coefficient (Wildman–Crippen LogP) is 3.46. The van der Waals surface area contributed by atoms with Crippen LogP contribution in [0.2, 0.25) is 0 Å². The van der Waals surface area contributed by atoms with Crippen molar-refractivity contribution in [2.45, 2.75) is 6.92 Å². The van der Waals surface area contributed by atoms with E-state index in [1.807, 2.05) is 25.1 Å². The summed E-state index contributed by atoms with van der Waals surface area (Å²) in [4.78, 5) is 24.2. The highest BCUT2D eigenvalue weighted by molar-refractivity contribution is 5.79. The van der Waals surface area contributed by atoms with Crippen LogP contribution in [-0.4, -0.2) is 32.9 Å². The highest BCUT2D eigenvalue weighted by Gasteiger charge is 2.11. The molecule has 1 heterocycles. The number of benzene rings is 2. The Balaban J connectivity index is 1.71. The summed E-state index contributed by atoms with van der Waals surface area (Å²) in [6, 6.07) is 12.1. The summed E-state index contributed by atoms with van der Waals surface area (Å²) in [5.41, 5.74) is 1.05. The Morgan fingerprint density at radius 1 is 1.07 bits per heavy atom. The molecule has 0 N–H and O–H groups in total. The van der Waals surface area contributed by atoms with Crippen molar-refractivity contribution in [3.8, 4) is 17.2 Å². The zero-order chi connectivity index (χ0) is 19.9. The molecule has 0 fully saturated rings. The zero-order valence-corrected chi connectivity index (χ0v) is 15.6. The fourth-order valence-electron chi connectivity index (χ4n) is 2.48. The Bertz CT molecular complexity index is 1020. The molecule has 0 aliphatic carbocycles. The Morgan fingerprint density at radius 3 is 2.71 bits per heavy atom. The van der Waals surface area contributed by atoms with Gasteiger partial charge in [-0.1, -0.05) is 12.1 Å². The average molecular weight is 384 g/mol. The minimum absolute atomic E-state index is 0.0912. The van der Waals surface area contributed by atoms with Gasteiger partial charge in [-0.2, -0.15) is 0 Å². The lowest BCUT2D eigenvalue weighted by molar-refractivity contribution is -0.147. The molecular formula is C21H20O7. The third-order valence-electron chi connectivity index (χ3n) is 3.84. The maximum Gasteiger partial charge on any atom is 0.344 e. The predicted molar refractivity (Wildman–Crippen MR) is 102 cm³/mol. The normalized spacial score (nSPS) is 10.6. The molecule has 0 saturated heterocycles. The van der Waals surface area contributed by atoms with Gasteiger partial charge in [0.25, 0.3) is 0 Å². The standard InChI is InChI=1S/C21H20O7/c1-14-4-3-5-16(10-14)28-19-12-27-18-11-15(6-7-17(18)21(19)23)26-13-20(22)25-9-8-24-2/h3-7,10-12H,8-9,13H2,1-2H3. The van der Waals surface area contributed by atoms with Gasteiger partial charge in [0.15, 0.2) is 6.61 Å². The van der Waals surface area contributed by atoms with Gasteiger partial charge in [0, 0.05) is 13.2 Å². The van der Waals surface area contributed by atoms with Crippen molar-refractivity contribution in [1.29, 1.82) is 0 Å². The monoisotopic (exact) mass is 384 g/mol. The summed E-state index contributed by atoms with van der Waals surface area (Å²) in [6.07, 6.45) is 1.26. The number of carbonyl (C=O) groups excluding carboxylic acids is 1. The van der Waals surface area contributed by atoms with Gasteiger partial charge in [-0.15, -0.1) is 0 Å². The van der Waals surface area contributed by atoms with E-state index in [0.29, 0.717) is 29.1 Å². The number of fused-ring (bicyclic) bond motifs is 1. The van der Waals surface area contributed by atoms with Crippen LogP contribution in [0.4, 0.5) is 0 Å². The number of esters is 1. The SMILES string of the molecule is COCCOC(=O)COc1ccc2c(=O)c(Oc3cccc(C)c3)coc2c1. The second kappa shape index (κ2) is 9.05. The van der Waals surface area contributed by atoms with Crippen LogP contribution in [0.3, 0.4) is 0 Å². The average Bonchev–Trinajstić information content (AvgIpc) is 2.69. The number of hydrogen-bond acceptors (Lipinski definition) is 7. The molecule has 28 heavy (non-hydrogen) atoms. The first-order valence-corrected chi connectivity index (χ1v) is 8.64. The summed E-state index contributed by atoms with van der Waals surface area (Å²) in [7, 11) is 1.52. The molecule has 146 valence electrons. The van der Waals surface area contributed by atoms with Crippen molar-refractivity contribution in [2.24, 2.45) is 0 Å². The van der Waals surface area contributed by atoms with Crippen LogP contribution in [0.1, 0.15) is 5.56 Å². The van der Waals surface area contributed by atoms with E-state index in [-0.39, 0.29) is 24.4 Å². The minimum Gasteiger partial charge on any atom is -0.482 e. The molecule has 7 nitrogen and oxygen atoms in total. The van der Waals surface area contributed by atoms with E-state index in [4.69, 9.17) is 23.4 Å². The largest absolute Gasteiger partial charge is 0.482 e.